The molecule has 0 spiro atoms. The van der Waals surface area contributed by atoms with Gasteiger partial charge >= 0.3 is 5.97 Å². The zero-order valence-electron chi connectivity index (χ0n) is 53.9. The Kier molecular flexibility index (Phi) is 67.9. The lowest BCUT2D eigenvalue weighted by Crippen LogP contribution is -2.45. The number of amides is 1. The van der Waals surface area contributed by atoms with E-state index in [9.17, 15) is 19.8 Å². The lowest BCUT2D eigenvalue weighted by molar-refractivity contribution is -0.143. The summed E-state index contributed by atoms with van der Waals surface area (Å²) in [5.41, 5.74) is 0. The predicted octanol–water partition coefficient (Wildman–Crippen LogP) is 23.5. The predicted molar refractivity (Wildman–Crippen MR) is 347 cm³/mol. The first-order valence-corrected chi connectivity index (χ1v) is 36.4. The number of unbranched alkanes of at least 4 members (excludes halogenated alkanes) is 56. The Labute approximate surface area is 495 Å². The van der Waals surface area contributed by atoms with E-state index in [0.29, 0.717) is 25.9 Å². The van der Waals surface area contributed by atoms with Crippen molar-refractivity contribution in [1.82, 2.24) is 5.32 Å². The molecule has 470 valence electrons. The summed E-state index contributed by atoms with van der Waals surface area (Å²) in [5.74, 6) is -0.0125. The lowest BCUT2D eigenvalue weighted by Gasteiger charge is -2.22. The molecule has 1 amide bonds. The van der Waals surface area contributed by atoms with Crippen molar-refractivity contribution in [2.45, 2.75) is 431 Å². The second-order valence-corrected chi connectivity index (χ2v) is 25.3. The highest BCUT2D eigenvalue weighted by molar-refractivity contribution is 5.76. The molecular weight excluding hydrogens is 971 g/mol. The number of carbonyl (C=O) groups is 2. The zero-order chi connectivity index (χ0) is 57.1. The molecule has 0 aromatic heterocycles. The van der Waals surface area contributed by atoms with Gasteiger partial charge in [-0.1, -0.05) is 366 Å². The van der Waals surface area contributed by atoms with Crippen LogP contribution < -0.4 is 5.32 Å². The van der Waals surface area contributed by atoms with E-state index in [2.05, 4.69) is 31.3 Å². The summed E-state index contributed by atoms with van der Waals surface area (Å²) in [4.78, 5) is 24.6. The third-order valence-electron chi connectivity index (χ3n) is 17.3. The molecule has 0 bridgehead atoms. The number of hydrogen-bond donors (Lipinski definition) is 3. The van der Waals surface area contributed by atoms with Crippen LogP contribution in [0.3, 0.4) is 0 Å². The van der Waals surface area contributed by atoms with Crippen molar-refractivity contribution < 1.29 is 24.5 Å². The summed E-state index contributed by atoms with van der Waals surface area (Å²) in [5, 5.41) is 23.4. The molecule has 2 atom stereocenters. The van der Waals surface area contributed by atoms with Crippen LogP contribution in [0, 0.1) is 0 Å². The van der Waals surface area contributed by atoms with Gasteiger partial charge in [-0.3, -0.25) is 9.59 Å². The second kappa shape index (κ2) is 69.1. The fourth-order valence-electron chi connectivity index (χ4n) is 11.8. The molecule has 0 aliphatic carbocycles. The molecule has 0 fully saturated rings. The number of esters is 1. The topological polar surface area (TPSA) is 95.9 Å². The molecule has 6 heteroatoms. The number of carbonyl (C=O) groups excluding carboxylic acids is 2. The monoisotopic (exact) mass is 1110 g/mol. The van der Waals surface area contributed by atoms with E-state index in [1.165, 1.54) is 347 Å². The van der Waals surface area contributed by atoms with Gasteiger partial charge < -0.3 is 20.3 Å². The smallest absolute Gasteiger partial charge is 0.305 e. The largest absolute Gasteiger partial charge is 0.466 e. The Bertz CT molecular complexity index is 1190. The van der Waals surface area contributed by atoms with Crippen LogP contribution in [0.4, 0.5) is 0 Å². The molecule has 0 aromatic rings. The van der Waals surface area contributed by atoms with Gasteiger partial charge in [-0.25, -0.2) is 0 Å². The Morgan fingerprint density at radius 2 is 0.595 bits per heavy atom. The van der Waals surface area contributed by atoms with Crippen LogP contribution in [0.1, 0.15) is 418 Å². The summed E-state index contributed by atoms with van der Waals surface area (Å²) in [7, 11) is 0. The van der Waals surface area contributed by atoms with Crippen molar-refractivity contribution in [2.75, 3.05) is 13.2 Å². The van der Waals surface area contributed by atoms with Crippen molar-refractivity contribution in [1.29, 1.82) is 0 Å². The maximum Gasteiger partial charge on any atom is 0.305 e. The molecular formula is C73H143NO5. The van der Waals surface area contributed by atoms with Crippen molar-refractivity contribution in [3.63, 3.8) is 0 Å². The third-order valence-corrected chi connectivity index (χ3v) is 17.3. The SMILES string of the molecule is CCCCCCCCCCCCCCCCCCCCC(=O)OCCCCCCCCCCCCCC/C=C\CCCCCCCCCCCCC(=O)NC(CO)C(O)CCCCCCCCCCCCCCCCCCCC. The van der Waals surface area contributed by atoms with Gasteiger partial charge in [-0.05, 0) is 51.4 Å². The van der Waals surface area contributed by atoms with Crippen molar-refractivity contribution in [3.8, 4) is 0 Å². The molecule has 0 rings (SSSR count). The Morgan fingerprint density at radius 3 is 0.899 bits per heavy atom. The summed E-state index contributed by atoms with van der Waals surface area (Å²) in [6, 6.07) is -0.543. The van der Waals surface area contributed by atoms with E-state index in [1.807, 2.05) is 0 Å². The van der Waals surface area contributed by atoms with Crippen LogP contribution >= 0.6 is 0 Å². The molecule has 0 aromatic carbocycles. The number of aliphatic hydroxyl groups is 2. The van der Waals surface area contributed by atoms with Gasteiger partial charge in [0.15, 0.2) is 0 Å². The van der Waals surface area contributed by atoms with Crippen molar-refractivity contribution in [3.05, 3.63) is 12.2 Å². The van der Waals surface area contributed by atoms with Crippen LogP contribution in [0.5, 0.6) is 0 Å². The van der Waals surface area contributed by atoms with E-state index in [1.54, 1.807) is 0 Å². The van der Waals surface area contributed by atoms with E-state index in [4.69, 9.17) is 4.74 Å². The number of hydrogen-bond acceptors (Lipinski definition) is 5. The maximum atomic E-state index is 12.5. The van der Waals surface area contributed by atoms with Gasteiger partial charge in [-0.15, -0.1) is 0 Å². The first-order valence-electron chi connectivity index (χ1n) is 36.4. The molecule has 0 radical (unpaired) electrons. The summed E-state index contributed by atoms with van der Waals surface area (Å²) >= 11 is 0. The number of rotatable bonds is 69. The molecule has 3 N–H and O–H groups in total. The van der Waals surface area contributed by atoms with E-state index >= 15 is 0 Å². The maximum absolute atomic E-state index is 12.5. The quantitative estimate of drug-likeness (QED) is 0.0320. The van der Waals surface area contributed by atoms with Crippen LogP contribution in [-0.2, 0) is 14.3 Å². The van der Waals surface area contributed by atoms with Crippen molar-refractivity contribution >= 4 is 11.9 Å². The normalized spacial score (nSPS) is 12.5. The third kappa shape index (κ3) is 65.6. The van der Waals surface area contributed by atoms with Crippen LogP contribution in [-0.4, -0.2) is 47.4 Å². The fourth-order valence-corrected chi connectivity index (χ4v) is 11.8. The Morgan fingerprint density at radius 1 is 0.342 bits per heavy atom. The van der Waals surface area contributed by atoms with Crippen LogP contribution in [0.25, 0.3) is 0 Å². The van der Waals surface area contributed by atoms with Gasteiger partial charge in [-0.2, -0.15) is 0 Å². The van der Waals surface area contributed by atoms with Gasteiger partial charge in [0.2, 0.25) is 5.91 Å². The van der Waals surface area contributed by atoms with Gasteiger partial charge in [0.1, 0.15) is 0 Å². The van der Waals surface area contributed by atoms with E-state index in [0.717, 1.165) is 38.5 Å². The fraction of sp³-hybridized carbons (Fsp3) is 0.945. The Balaban J connectivity index is 3.36. The minimum Gasteiger partial charge on any atom is -0.466 e. The highest BCUT2D eigenvalue weighted by Gasteiger charge is 2.20. The Hall–Kier alpha value is -1.40. The number of allylic oxidation sites excluding steroid dienone is 2. The standard InChI is InChI=1S/C73H143NO5/c1-3-5-7-9-11-13-15-17-19-21-33-37-41-45-49-53-57-61-65-71(76)70(69-75)74-72(77)66-62-58-54-50-46-42-38-34-31-29-27-25-23-24-26-28-30-32-36-40-44-48-52-56-60-64-68-79-73(78)67-63-59-55-51-47-43-39-35-22-20-18-16-14-12-10-8-6-4-2/h23,25,70-71,75-76H,3-22,24,26-69H2,1-2H3,(H,74,77)/b25-23-. The molecule has 0 saturated heterocycles. The molecule has 79 heavy (non-hydrogen) atoms. The van der Waals surface area contributed by atoms with Gasteiger partial charge in [0.05, 0.1) is 25.4 Å². The highest BCUT2D eigenvalue weighted by atomic mass is 16.5. The number of ether oxygens (including phenoxy) is 1. The van der Waals surface area contributed by atoms with Crippen LogP contribution in [0.2, 0.25) is 0 Å². The molecule has 0 aliphatic rings. The number of nitrogens with one attached hydrogen (secondary N) is 1. The lowest BCUT2D eigenvalue weighted by atomic mass is 10.0. The minimum atomic E-state index is -0.665. The zero-order valence-corrected chi connectivity index (χ0v) is 53.9. The summed E-state index contributed by atoms with van der Waals surface area (Å²) in [6.07, 6.45) is 85.5. The average molecular weight is 1110 g/mol. The number of aliphatic hydroxyl groups excluding tert-OH is 2. The van der Waals surface area contributed by atoms with Crippen molar-refractivity contribution in [2.24, 2.45) is 0 Å². The van der Waals surface area contributed by atoms with E-state index in [-0.39, 0.29) is 18.5 Å². The minimum absolute atomic E-state index is 0.0199. The summed E-state index contributed by atoms with van der Waals surface area (Å²) in [6.45, 7) is 5.00. The van der Waals surface area contributed by atoms with Gasteiger partial charge in [0.25, 0.3) is 0 Å². The average Bonchev–Trinajstić information content (AvgIpc) is 3.45. The van der Waals surface area contributed by atoms with E-state index < -0.39 is 12.1 Å². The molecule has 0 saturated carbocycles. The first-order chi connectivity index (χ1) is 39.0. The second-order valence-electron chi connectivity index (χ2n) is 25.3. The molecule has 6 nitrogen and oxygen atoms in total. The first kappa shape index (κ1) is 77.6. The highest BCUT2D eigenvalue weighted by Crippen LogP contribution is 2.19. The molecule has 0 heterocycles. The summed E-state index contributed by atoms with van der Waals surface area (Å²) < 4.78 is 5.51. The molecule has 2 unspecified atom stereocenters. The molecule has 0 aliphatic heterocycles. The van der Waals surface area contributed by atoms with Crippen LogP contribution in [0.15, 0.2) is 12.2 Å². The van der Waals surface area contributed by atoms with Gasteiger partial charge in [0, 0.05) is 12.8 Å².